The summed E-state index contributed by atoms with van der Waals surface area (Å²) >= 11 is 0. The molecule has 0 amide bonds. The predicted molar refractivity (Wildman–Crippen MR) is 71.6 cm³/mol. The first-order chi connectivity index (χ1) is 8.81. The molecular formula is C14H13N3O. The first kappa shape index (κ1) is 10.7. The average Bonchev–Trinajstić information content (AvgIpc) is 2.84. The predicted octanol–water partition coefficient (Wildman–Crippen LogP) is 2.59. The van der Waals surface area contributed by atoms with E-state index in [9.17, 15) is 0 Å². The molecule has 0 atom stereocenters. The van der Waals surface area contributed by atoms with E-state index < -0.39 is 0 Å². The zero-order chi connectivity index (χ0) is 12.5. The normalized spacial score (nSPS) is 10.7. The fourth-order valence-corrected chi connectivity index (χ4v) is 2.09. The van der Waals surface area contributed by atoms with E-state index in [1.165, 1.54) is 0 Å². The lowest BCUT2D eigenvalue weighted by molar-refractivity contribution is 0.416. The van der Waals surface area contributed by atoms with Crippen molar-refractivity contribution in [3.8, 4) is 17.1 Å². The molecule has 3 rings (SSSR count). The van der Waals surface area contributed by atoms with Gasteiger partial charge in [0.05, 0.1) is 24.4 Å². The van der Waals surface area contributed by atoms with Crippen LogP contribution in [0.2, 0.25) is 0 Å². The Morgan fingerprint density at radius 3 is 2.78 bits per heavy atom. The molecule has 18 heavy (non-hydrogen) atoms. The van der Waals surface area contributed by atoms with Crippen molar-refractivity contribution in [2.45, 2.75) is 0 Å². The second-order valence-corrected chi connectivity index (χ2v) is 3.99. The van der Waals surface area contributed by atoms with Crippen molar-refractivity contribution >= 4 is 11.3 Å². The van der Waals surface area contributed by atoms with Crippen molar-refractivity contribution in [1.29, 1.82) is 0 Å². The van der Waals surface area contributed by atoms with Gasteiger partial charge >= 0.3 is 0 Å². The molecule has 2 heterocycles. The molecule has 0 aliphatic carbocycles. The highest BCUT2D eigenvalue weighted by molar-refractivity contribution is 5.70. The van der Waals surface area contributed by atoms with Crippen LogP contribution in [0.1, 0.15) is 0 Å². The zero-order valence-electron chi connectivity index (χ0n) is 10.00. The minimum absolute atomic E-state index is 0.658. The second kappa shape index (κ2) is 4.07. The van der Waals surface area contributed by atoms with Crippen molar-refractivity contribution < 1.29 is 4.74 Å². The fraction of sp³-hybridized carbons (Fsp3) is 0.0714. The summed E-state index contributed by atoms with van der Waals surface area (Å²) in [6, 6.07) is 13.5. The standard InChI is InChI=1S/C14H13N3O/c1-18-12-7-3-2-6-11(12)14-16-9-10-5-4-8-13(15)17(10)14/h2-9H,15H2,1H3. The maximum absolute atomic E-state index is 6.01. The molecule has 0 radical (unpaired) electrons. The summed E-state index contributed by atoms with van der Waals surface area (Å²) in [5.41, 5.74) is 7.91. The molecule has 4 nitrogen and oxygen atoms in total. The number of nitrogen functional groups attached to an aromatic ring is 1. The summed E-state index contributed by atoms with van der Waals surface area (Å²) in [4.78, 5) is 4.44. The summed E-state index contributed by atoms with van der Waals surface area (Å²) in [5.74, 6) is 2.24. The molecule has 1 aromatic carbocycles. The summed E-state index contributed by atoms with van der Waals surface area (Å²) < 4.78 is 7.28. The van der Waals surface area contributed by atoms with E-state index in [0.717, 1.165) is 22.7 Å². The Morgan fingerprint density at radius 2 is 1.94 bits per heavy atom. The number of anilines is 1. The largest absolute Gasteiger partial charge is 0.496 e. The molecular weight excluding hydrogens is 226 g/mol. The summed E-state index contributed by atoms with van der Waals surface area (Å²) in [7, 11) is 1.65. The number of nitrogens with zero attached hydrogens (tertiary/aromatic N) is 2. The van der Waals surface area contributed by atoms with Crippen molar-refractivity contribution in [3.63, 3.8) is 0 Å². The molecule has 0 saturated heterocycles. The minimum Gasteiger partial charge on any atom is -0.496 e. The lowest BCUT2D eigenvalue weighted by atomic mass is 10.2. The van der Waals surface area contributed by atoms with Crippen LogP contribution in [0.25, 0.3) is 16.9 Å². The highest BCUT2D eigenvalue weighted by Gasteiger charge is 2.12. The molecule has 2 aromatic heterocycles. The molecule has 3 aromatic rings. The third-order valence-corrected chi connectivity index (χ3v) is 2.93. The van der Waals surface area contributed by atoms with Gasteiger partial charge in [-0.3, -0.25) is 4.40 Å². The van der Waals surface area contributed by atoms with E-state index in [1.54, 1.807) is 13.3 Å². The Bertz CT molecular complexity index is 703. The van der Waals surface area contributed by atoms with Crippen LogP contribution in [-0.4, -0.2) is 16.5 Å². The number of hydrogen-bond donors (Lipinski definition) is 1. The Labute approximate surface area is 105 Å². The number of aromatic nitrogens is 2. The monoisotopic (exact) mass is 239 g/mol. The fourth-order valence-electron chi connectivity index (χ4n) is 2.09. The highest BCUT2D eigenvalue weighted by Crippen LogP contribution is 2.30. The number of benzene rings is 1. The number of fused-ring (bicyclic) bond motifs is 1. The van der Waals surface area contributed by atoms with Crippen LogP contribution >= 0.6 is 0 Å². The van der Waals surface area contributed by atoms with Gasteiger partial charge in [0.1, 0.15) is 17.4 Å². The Hall–Kier alpha value is -2.49. The van der Waals surface area contributed by atoms with Gasteiger partial charge in [-0.05, 0) is 24.3 Å². The second-order valence-electron chi connectivity index (χ2n) is 3.99. The summed E-state index contributed by atoms with van der Waals surface area (Å²) in [5, 5.41) is 0. The SMILES string of the molecule is COc1ccccc1-c1ncc2cccc(N)n12. The van der Waals surface area contributed by atoms with E-state index in [4.69, 9.17) is 10.5 Å². The molecule has 0 spiro atoms. The number of nitrogens with two attached hydrogens (primary N) is 1. The topological polar surface area (TPSA) is 52.5 Å². The summed E-state index contributed by atoms with van der Waals surface area (Å²) in [6.45, 7) is 0. The van der Waals surface area contributed by atoms with E-state index in [2.05, 4.69) is 4.98 Å². The van der Waals surface area contributed by atoms with Gasteiger partial charge < -0.3 is 10.5 Å². The van der Waals surface area contributed by atoms with E-state index in [1.807, 2.05) is 46.9 Å². The number of pyridine rings is 1. The summed E-state index contributed by atoms with van der Waals surface area (Å²) in [6.07, 6.45) is 1.80. The molecule has 0 bridgehead atoms. The van der Waals surface area contributed by atoms with Crippen molar-refractivity contribution in [1.82, 2.24) is 9.38 Å². The van der Waals surface area contributed by atoms with Crippen molar-refractivity contribution in [3.05, 3.63) is 48.7 Å². The van der Waals surface area contributed by atoms with Crippen LogP contribution in [-0.2, 0) is 0 Å². The maximum atomic E-state index is 6.01. The van der Waals surface area contributed by atoms with Gasteiger partial charge in [-0.2, -0.15) is 0 Å². The van der Waals surface area contributed by atoms with Gasteiger partial charge in [-0.25, -0.2) is 4.98 Å². The lowest BCUT2D eigenvalue weighted by Gasteiger charge is -2.08. The molecule has 0 fully saturated rings. The quantitative estimate of drug-likeness (QED) is 0.747. The number of para-hydroxylation sites is 1. The maximum Gasteiger partial charge on any atom is 0.149 e. The van der Waals surface area contributed by atoms with Gasteiger partial charge in [-0.1, -0.05) is 18.2 Å². The third kappa shape index (κ3) is 1.50. The first-order valence-corrected chi connectivity index (χ1v) is 5.66. The van der Waals surface area contributed by atoms with Gasteiger partial charge in [0.25, 0.3) is 0 Å². The molecule has 0 aliphatic heterocycles. The number of rotatable bonds is 2. The number of hydrogen-bond acceptors (Lipinski definition) is 3. The highest BCUT2D eigenvalue weighted by atomic mass is 16.5. The third-order valence-electron chi connectivity index (χ3n) is 2.93. The van der Waals surface area contributed by atoms with Crippen LogP contribution in [0.5, 0.6) is 5.75 Å². The molecule has 2 N–H and O–H groups in total. The minimum atomic E-state index is 0.658. The Morgan fingerprint density at radius 1 is 1.11 bits per heavy atom. The zero-order valence-corrected chi connectivity index (χ0v) is 10.00. The van der Waals surface area contributed by atoms with Crippen LogP contribution in [0.15, 0.2) is 48.7 Å². The van der Waals surface area contributed by atoms with E-state index >= 15 is 0 Å². The van der Waals surface area contributed by atoms with Crippen LogP contribution in [0, 0.1) is 0 Å². The first-order valence-electron chi connectivity index (χ1n) is 5.66. The number of ether oxygens (including phenoxy) is 1. The van der Waals surface area contributed by atoms with Crippen molar-refractivity contribution in [2.75, 3.05) is 12.8 Å². The smallest absolute Gasteiger partial charge is 0.149 e. The van der Waals surface area contributed by atoms with E-state index in [-0.39, 0.29) is 0 Å². The van der Waals surface area contributed by atoms with Gasteiger partial charge in [0, 0.05) is 0 Å². The molecule has 0 aliphatic rings. The molecule has 0 saturated carbocycles. The van der Waals surface area contributed by atoms with Crippen molar-refractivity contribution in [2.24, 2.45) is 0 Å². The van der Waals surface area contributed by atoms with Crippen LogP contribution < -0.4 is 10.5 Å². The number of methoxy groups -OCH3 is 1. The molecule has 90 valence electrons. The van der Waals surface area contributed by atoms with Gasteiger partial charge in [0.2, 0.25) is 0 Å². The Kier molecular flexibility index (Phi) is 2.41. The molecule has 0 unspecified atom stereocenters. The van der Waals surface area contributed by atoms with E-state index in [0.29, 0.717) is 5.82 Å². The Balaban J connectivity index is 2.32. The molecule has 4 heteroatoms. The average molecular weight is 239 g/mol. The van der Waals surface area contributed by atoms with Crippen LogP contribution in [0.3, 0.4) is 0 Å². The van der Waals surface area contributed by atoms with Gasteiger partial charge in [0.15, 0.2) is 0 Å². The van der Waals surface area contributed by atoms with Gasteiger partial charge in [-0.15, -0.1) is 0 Å². The lowest BCUT2D eigenvalue weighted by Crippen LogP contribution is -1.99. The van der Waals surface area contributed by atoms with Crippen LogP contribution in [0.4, 0.5) is 5.82 Å². The number of imidazole rings is 1.